The molecule has 0 bridgehead atoms. The van der Waals surface area contributed by atoms with Gasteiger partial charge in [-0.05, 0) is 37.5 Å². The SMILES string of the molecule is Nc1cc(Cl)ccc1C(=O)NC1CCN(C2CC2)C1. The van der Waals surface area contributed by atoms with Crippen LogP contribution < -0.4 is 11.1 Å². The minimum atomic E-state index is -0.100. The molecule has 1 aliphatic carbocycles. The van der Waals surface area contributed by atoms with Crippen LogP contribution in [0.3, 0.4) is 0 Å². The number of anilines is 1. The fourth-order valence-electron chi connectivity index (χ4n) is 2.68. The molecule has 1 unspecified atom stereocenters. The molecule has 5 heteroatoms. The lowest BCUT2D eigenvalue weighted by molar-refractivity contribution is 0.0938. The van der Waals surface area contributed by atoms with E-state index in [0.29, 0.717) is 16.3 Å². The molecule has 1 saturated heterocycles. The number of halogens is 1. The number of likely N-dealkylation sites (tertiary alicyclic amines) is 1. The van der Waals surface area contributed by atoms with Crippen LogP contribution in [0.4, 0.5) is 5.69 Å². The van der Waals surface area contributed by atoms with Crippen LogP contribution in [0.15, 0.2) is 18.2 Å². The summed E-state index contributed by atoms with van der Waals surface area (Å²) in [5, 5.41) is 3.62. The minimum Gasteiger partial charge on any atom is -0.398 e. The molecule has 0 spiro atoms. The van der Waals surface area contributed by atoms with Gasteiger partial charge in [0, 0.05) is 35.9 Å². The first-order chi connectivity index (χ1) is 9.13. The van der Waals surface area contributed by atoms with Crippen molar-refractivity contribution >= 4 is 23.2 Å². The van der Waals surface area contributed by atoms with Crippen molar-refractivity contribution < 1.29 is 4.79 Å². The molecule has 1 aromatic rings. The van der Waals surface area contributed by atoms with E-state index in [0.717, 1.165) is 25.6 Å². The molecule has 19 heavy (non-hydrogen) atoms. The predicted molar refractivity (Wildman–Crippen MR) is 76.3 cm³/mol. The van der Waals surface area contributed by atoms with Gasteiger partial charge in [0.1, 0.15) is 0 Å². The summed E-state index contributed by atoms with van der Waals surface area (Å²) < 4.78 is 0. The molecular formula is C14H18ClN3O. The van der Waals surface area contributed by atoms with Crippen molar-refractivity contribution in [2.45, 2.75) is 31.3 Å². The highest BCUT2D eigenvalue weighted by Gasteiger charge is 2.34. The van der Waals surface area contributed by atoms with Crippen LogP contribution in [0, 0.1) is 0 Å². The topological polar surface area (TPSA) is 58.4 Å². The summed E-state index contributed by atoms with van der Waals surface area (Å²) in [4.78, 5) is 14.6. The number of rotatable bonds is 3. The van der Waals surface area contributed by atoms with E-state index in [1.165, 1.54) is 12.8 Å². The Kier molecular flexibility index (Phi) is 3.37. The summed E-state index contributed by atoms with van der Waals surface area (Å²) in [5.41, 5.74) is 6.77. The number of nitrogen functional groups attached to an aromatic ring is 1. The van der Waals surface area contributed by atoms with Crippen molar-refractivity contribution in [3.8, 4) is 0 Å². The second-order valence-corrected chi connectivity index (χ2v) is 5.85. The summed E-state index contributed by atoms with van der Waals surface area (Å²) in [6.45, 7) is 2.05. The number of amides is 1. The van der Waals surface area contributed by atoms with E-state index >= 15 is 0 Å². The molecule has 1 aliphatic heterocycles. The standard InChI is InChI=1S/C14H18ClN3O/c15-9-1-4-12(13(16)7-9)14(19)17-10-5-6-18(8-10)11-2-3-11/h1,4,7,10-11H,2-3,5-6,8,16H2,(H,17,19). The number of carbonyl (C=O) groups is 1. The van der Waals surface area contributed by atoms with Crippen molar-refractivity contribution in [2.24, 2.45) is 0 Å². The molecule has 3 rings (SSSR count). The highest BCUT2D eigenvalue weighted by Crippen LogP contribution is 2.30. The largest absolute Gasteiger partial charge is 0.398 e. The van der Waals surface area contributed by atoms with Crippen LogP contribution in [0.25, 0.3) is 0 Å². The Hall–Kier alpha value is -1.26. The zero-order valence-corrected chi connectivity index (χ0v) is 11.5. The molecule has 102 valence electrons. The molecule has 3 N–H and O–H groups in total. The molecular weight excluding hydrogens is 262 g/mol. The fourth-order valence-corrected chi connectivity index (χ4v) is 2.86. The number of benzene rings is 1. The Balaban J connectivity index is 1.61. The van der Waals surface area contributed by atoms with E-state index < -0.39 is 0 Å². The number of carbonyl (C=O) groups excluding carboxylic acids is 1. The van der Waals surface area contributed by atoms with Crippen LogP contribution in [-0.2, 0) is 0 Å². The second-order valence-electron chi connectivity index (χ2n) is 5.42. The number of hydrogen-bond donors (Lipinski definition) is 2. The average Bonchev–Trinajstić information content (AvgIpc) is 3.10. The first-order valence-electron chi connectivity index (χ1n) is 6.73. The molecule has 2 fully saturated rings. The summed E-state index contributed by atoms with van der Waals surface area (Å²) in [5.74, 6) is -0.100. The third-order valence-corrected chi connectivity index (χ3v) is 4.11. The Bertz CT molecular complexity index is 501. The van der Waals surface area contributed by atoms with Crippen molar-refractivity contribution in [3.05, 3.63) is 28.8 Å². The summed E-state index contributed by atoms with van der Waals surface area (Å²) >= 11 is 5.83. The Labute approximate surface area is 117 Å². The Morgan fingerprint density at radius 1 is 1.37 bits per heavy atom. The normalized spacial score (nSPS) is 23.5. The van der Waals surface area contributed by atoms with E-state index in [4.69, 9.17) is 17.3 Å². The third-order valence-electron chi connectivity index (χ3n) is 3.88. The van der Waals surface area contributed by atoms with Crippen LogP contribution in [-0.4, -0.2) is 36.0 Å². The van der Waals surface area contributed by atoms with Gasteiger partial charge in [0.05, 0.1) is 5.56 Å². The van der Waals surface area contributed by atoms with E-state index in [1.807, 2.05) is 0 Å². The molecule has 4 nitrogen and oxygen atoms in total. The lowest BCUT2D eigenvalue weighted by Gasteiger charge is -2.16. The van der Waals surface area contributed by atoms with E-state index in [1.54, 1.807) is 18.2 Å². The second kappa shape index (κ2) is 5.02. The molecule has 1 heterocycles. The maximum Gasteiger partial charge on any atom is 0.253 e. The van der Waals surface area contributed by atoms with Gasteiger partial charge in [-0.25, -0.2) is 0 Å². The van der Waals surface area contributed by atoms with Gasteiger partial charge in [0.2, 0.25) is 0 Å². The van der Waals surface area contributed by atoms with E-state index in [2.05, 4.69) is 10.2 Å². The molecule has 1 saturated carbocycles. The smallest absolute Gasteiger partial charge is 0.253 e. The molecule has 2 aliphatic rings. The van der Waals surface area contributed by atoms with Crippen molar-refractivity contribution in [1.82, 2.24) is 10.2 Å². The predicted octanol–water partition coefficient (Wildman–Crippen LogP) is 1.89. The summed E-state index contributed by atoms with van der Waals surface area (Å²) in [6.07, 6.45) is 3.64. The third kappa shape index (κ3) is 2.85. The summed E-state index contributed by atoms with van der Waals surface area (Å²) in [7, 11) is 0. The lowest BCUT2D eigenvalue weighted by Crippen LogP contribution is -2.37. The highest BCUT2D eigenvalue weighted by atomic mass is 35.5. The zero-order chi connectivity index (χ0) is 13.4. The van der Waals surface area contributed by atoms with Gasteiger partial charge in [0.15, 0.2) is 0 Å². The van der Waals surface area contributed by atoms with Gasteiger partial charge in [-0.1, -0.05) is 11.6 Å². The van der Waals surface area contributed by atoms with Crippen molar-refractivity contribution in [3.63, 3.8) is 0 Å². The fraction of sp³-hybridized carbons (Fsp3) is 0.500. The monoisotopic (exact) mass is 279 g/mol. The van der Waals surface area contributed by atoms with Crippen LogP contribution in [0.1, 0.15) is 29.6 Å². The van der Waals surface area contributed by atoms with Gasteiger partial charge < -0.3 is 11.1 Å². The van der Waals surface area contributed by atoms with Gasteiger partial charge in [0.25, 0.3) is 5.91 Å². The minimum absolute atomic E-state index is 0.100. The first-order valence-corrected chi connectivity index (χ1v) is 7.11. The van der Waals surface area contributed by atoms with Crippen molar-refractivity contribution in [2.75, 3.05) is 18.8 Å². The Morgan fingerprint density at radius 3 is 2.84 bits per heavy atom. The zero-order valence-electron chi connectivity index (χ0n) is 10.7. The van der Waals surface area contributed by atoms with Gasteiger partial charge in [-0.2, -0.15) is 0 Å². The van der Waals surface area contributed by atoms with Crippen LogP contribution >= 0.6 is 11.6 Å². The van der Waals surface area contributed by atoms with Gasteiger partial charge >= 0.3 is 0 Å². The maximum absolute atomic E-state index is 12.2. The van der Waals surface area contributed by atoms with Crippen LogP contribution in [0.5, 0.6) is 0 Å². The van der Waals surface area contributed by atoms with Crippen molar-refractivity contribution in [1.29, 1.82) is 0 Å². The quantitative estimate of drug-likeness (QED) is 0.831. The molecule has 1 atom stereocenters. The molecule has 1 amide bonds. The van der Waals surface area contributed by atoms with E-state index in [-0.39, 0.29) is 11.9 Å². The van der Waals surface area contributed by atoms with E-state index in [9.17, 15) is 4.79 Å². The average molecular weight is 280 g/mol. The number of nitrogens with two attached hydrogens (primary N) is 1. The molecule has 0 radical (unpaired) electrons. The van der Waals surface area contributed by atoms with Gasteiger partial charge in [-0.15, -0.1) is 0 Å². The highest BCUT2D eigenvalue weighted by molar-refractivity contribution is 6.31. The number of nitrogens with zero attached hydrogens (tertiary/aromatic N) is 1. The first kappa shape index (κ1) is 12.8. The number of hydrogen-bond acceptors (Lipinski definition) is 3. The lowest BCUT2D eigenvalue weighted by atomic mass is 10.1. The number of nitrogens with one attached hydrogen (secondary N) is 1. The Morgan fingerprint density at radius 2 is 2.16 bits per heavy atom. The summed E-state index contributed by atoms with van der Waals surface area (Å²) in [6, 6.07) is 5.99. The maximum atomic E-state index is 12.2. The molecule has 0 aromatic heterocycles. The van der Waals surface area contributed by atoms with Gasteiger partial charge in [-0.3, -0.25) is 9.69 Å². The molecule has 1 aromatic carbocycles. The van der Waals surface area contributed by atoms with Crippen LogP contribution in [0.2, 0.25) is 5.02 Å².